The monoisotopic (exact) mass is 193 g/mol. The van der Waals surface area contributed by atoms with Gasteiger partial charge in [-0.05, 0) is 58.9 Å². The van der Waals surface area contributed by atoms with Crippen molar-refractivity contribution in [1.82, 2.24) is 5.32 Å². The van der Waals surface area contributed by atoms with E-state index in [9.17, 15) is 0 Å². The van der Waals surface area contributed by atoms with Gasteiger partial charge in [-0.25, -0.2) is 0 Å². The molecule has 0 amide bonds. The topological polar surface area (TPSA) is 12.0 Å². The van der Waals surface area contributed by atoms with Gasteiger partial charge in [-0.1, -0.05) is 0 Å². The lowest BCUT2D eigenvalue weighted by Gasteiger charge is -2.29. The maximum atomic E-state index is 5.43. The second kappa shape index (κ2) is 4.84. The van der Waals surface area contributed by atoms with Crippen LogP contribution in [-0.2, 0) is 0 Å². The van der Waals surface area contributed by atoms with E-state index in [0.29, 0.717) is 5.92 Å². The van der Waals surface area contributed by atoms with Crippen LogP contribution in [0.5, 0.6) is 0 Å². The fourth-order valence-electron chi connectivity index (χ4n) is 1.98. The number of rotatable bonds is 2. The molecule has 14 heavy (non-hydrogen) atoms. The van der Waals surface area contributed by atoms with Crippen LogP contribution in [0.15, 0.2) is 0 Å². The summed E-state index contributed by atoms with van der Waals surface area (Å²) in [6, 6.07) is 0. The summed E-state index contributed by atoms with van der Waals surface area (Å²) in [7, 11) is 0. The lowest BCUT2D eigenvalue weighted by atomic mass is 9.82. The van der Waals surface area contributed by atoms with E-state index in [1.165, 1.54) is 25.7 Å². The molecule has 0 aromatic rings. The zero-order chi connectivity index (χ0) is 10.6. The zero-order valence-corrected chi connectivity index (χ0v) is 9.77. The van der Waals surface area contributed by atoms with Gasteiger partial charge in [0.15, 0.2) is 0 Å². The van der Waals surface area contributed by atoms with E-state index < -0.39 is 0 Å². The molecule has 0 aromatic heterocycles. The molecular weight excluding hydrogens is 170 g/mol. The Morgan fingerprint density at radius 1 is 1.21 bits per heavy atom. The Morgan fingerprint density at radius 3 is 2.21 bits per heavy atom. The van der Waals surface area contributed by atoms with Gasteiger partial charge in [0.25, 0.3) is 0 Å². The molecule has 0 aromatic carbocycles. The smallest absolute Gasteiger partial charge is 0.0200 e. The van der Waals surface area contributed by atoms with Gasteiger partial charge in [0.1, 0.15) is 0 Å². The average molecular weight is 193 g/mol. The molecule has 0 bridgehead atoms. The van der Waals surface area contributed by atoms with Gasteiger partial charge in [-0.3, -0.25) is 0 Å². The van der Waals surface area contributed by atoms with Crippen LogP contribution in [0.3, 0.4) is 0 Å². The van der Waals surface area contributed by atoms with E-state index >= 15 is 0 Å². The molecule has 0 saturated heterocycles. The molecule has 1 saturated carbocycles. The summed E-state index contributed by atoms with van der Waals surface area (Å²) in [6.45, 7) is 7.82. The number of hydrogen-bond donors (Lipinski definition) is 1. The maximum Gasteiger partial charge on any atom is 0.0200 e. The molecule has 0 unspecified atom stereocenters. The van der Waals surface area contributed by atoms with Gasteiger partial charge in [0, 0.05) is 11.5 Å². The summed E-state index contributed by atoms with van der Waals surface area (Å²) in [5.41, 5.74) is 0.253. The SMILES string of the molecule is C#CC1CCC(CNC(C)(C)C)CC1. The van der Waals surface area contributed by atoms with Crippen molar-refractivity contribution in [3.63, 3.8) is 0 Å². The fraction of sp³-hybridized carbons (Fsp3) is 0.846. The van der Waals surface area contributed by atoms with Crippen LogP contribution in [0.4, 0.5) is 0 Å². The highest BCUT2D eigenvalue weighted by atomic mass is 14.9. The molecule has 1 nitrogen and oxygen atoms in total. The van der Waals surface area contributed by atoms with E-state index in [-0.39, 0.29) is 5.54 Å². The molecule has 0 atom stereocenters. The molecule has 0 heterocycles. The Labute approximate surface area is 88.7 Å². The van der Waals surface area contributed by atoms with Crippen molar-refractivity contribution < 1.29 is 0 Å². The average Bonchev–Trinajstić information content (AvgIpc) is 2.14. The second-order valence-electron chi connectivity index (χ2n) is 5.52. The van der Waals surface area contributed by atoms with Crippen LogP contribution in [-0.4, -0.2) is 12.1 Å². The van der Waals surface area contributed by atoms with Crippen LogP contribution < -0.4 is 5.32 Å². The summed E-state index contributed by atoms with van der Waals surface area (Å²) in [6.07, 6.45) is 10.5. The van der Waals surface area contributed by atoms with Crippen LogP contribution in [0, 0.1) is 24.2 Å². The summed E-state index contributed by atoms with van der Waals surface area (Å²) < 4.78 is 0. The molecule has 1 N–H and O–H groups in total. The summed E-state index contributed by atoms with van der Waals surface area (Å²) in [5, 5.41) is 3.57. The molecule has 1 heteroatoms. The van der Waals surface area contributed by atoms with Crippen molar-refractivity contribution in [2.45, 2.75) is 52.0 Å². The normalized spacial score (nSPS) is 28.4. The van der Waals surface area contributed by atoms with Crippen molar-refractivity contribution in [2.75, 3.05) is 6.54 Å². The van der Waals surface area contributed by atoms with Crippen molar-refractivity contribution in [3.8, 4) is 12.3 Å². The Morgan fingerprint density at radius 2 is 1.79 bits per heavy atom. The lowest BCUT2D eigenvalue weighted by Crippen LogP contribution is -2.39. The first-order valence-electron chi connectivity index (χ1n) is 5.72. The molecule has 80 valence electrons. The van der Waals surface area contributed by atoms with Crippen LogP contribution in [0.2, 0.25) is 0 Å². The van der Waals surface area contributed by atoms with E-state index in [1.807, 2.05) is 0 Å². The van der Waals surface area contributed by atoms with Gasteiger partial charge in [0.05, 0.1) is 0 Å². The molecule has 1 aliphatic rings. The molecule has 0 aliphatic heterocycles. The van der Waals surface area contributed by atoms with Crippen molar-refractivity contribution in [1.29, 1.82) is 0 Å². The minimum Gasteiger partial charge on any atom is -0.312 e. The van der Waals surface area contributed by atoms with Crippen molar-refractivity contribution in [2.24, 2.45) is 11.8 Å². The van der Waals surface area contributed by atoms with Gasteiger partial charge in [-0.15, -0.1) is 12.3 Å². The zero-order valence-electron chi connectivity index (χ0n) is 9.77. The quantitative estimate of drug-likeness (QED) is 0.665. The first-order valence-corrected chi connectivity index (χ1v) is 5.72. The minimum atomic E-state index is 0.253. The Balaban J connectivity index is 2.20. The summed E-state index contributed by atoms with van der Waals surface area (Å²) in [5.74, 6) is 4.28. The summed E-state index contributed by atoms with van der Waals surface area (Å²) in [4.78, 5) is 0. The van der Waals surface area contributed by atoms with Crippen molar-refractivity contribution in [3.05, 3.63) is 0 Å². The third-order valence-corrected chi connectivity index (χ3v) is 3.00. The Kier molecular flexibility index (Phi) is 4.01. The fourth-order valence-corrected chi connectivity index (χ4v) is 1.98. The van der Waals surface area contributed by atoms with E-state index in [1.54, 1.807) is 0 Å². The molecule has 1 fully saturated rings. The van der Waals surface area contributed by atoms with Gasteiger partial charge in [0.2, 0.25) is 0 Å². The van der Waals surface area contributed by atoms with Gasteiger partial charge < -0.3 is 5.32 Å². The van der Waals surface area contributed by atoms with Crippen LogP contribution >= 0.6 is 0 Å². The first-order chi connectivity index (χ1) is 6.51. The molecule has 0 radical (unpaired) electrons. The second-order valence-corrected chi connectivity index (χ2v) is 5.52. The van der Waals surface area contributed by atoms with E-state index in [0.717, 1.165) is 12.5 Å². The number of terminal acetylenes is 1. The lowest BCUT2D eigenvalue weighted by molar-refractivity contribution is 0.280. The molecular formula is C13H23N. The highest BCUT2D eigenvalue weighted by molar-refractivity contribution is 4.95. The highest BCUT2D eigenvalue weighted by Gasteiger charge is 2.20. The maximum absolute atomic E-state index is 5.43. The number of hydrogen-bond acceptors (Lipinski definition) is 1. The van der Waals surface area contributed by atoms with E-state index in [4.69, 9.17) is 6.42 Å². The molecule has 1 aliphatic carbocycles. The third kappa shape index (κ3) is 4.15. The summed E-state index contributed by atoms with van der Waals surface area (Å²) >= 11 is 0. The predicted octanol–water partition coefficient (Wildman–Crippen LogP) is 2.81. The van der Waals surface area contributed by atoms with Crippen LogP contribution in [0.1, 0.15) is 46.5 Å². The Bertz CT molecular complexity index is 198. The minimum absolute atomic E-state index is 0.253. The van der Waals surface area contributed by atoms with Gasteiger partial charge >= 0.3 is 0 Å². The molecule has 0 spiro atoms. The largest absolute Gasteiger partial charge is 0.312 e. The van der Waals surface area contributed by atoms with E-state index in [2.05, 4.69) is 32.0 Å². The first kappa shape index (κ1) is 11.6. The third-order valence-electron chi connectivity index (χ3n) is 3.00. The number of nitrogens with one attached hydrogen (secondary N) is 1. The van der Waals surface area contributed by atoms with Crippen molar-refractivity contribution >= 4 is 0 Å². The predicted molar refractivity (Wildman–Crippen MR) is 62.0 cm³/mol. The van der Waals surface area contributed by atoms with Gasteiger partial charge in [-0.2, -0.15) is 0 Å². The molecule has 1 rings (SSSR count). The van der Waals surface area contributed by atoms with Crippen LogP contribution in [0.25, 0.3) is 0 Å². The Hall–Kier alpha value is -0.480. The standard InChI is InChI=1S/C13H23N/c1-5-11-6-8-12(9-7-11)10-14-13(2,3)4/h1,11-12,14H,6-10H2,2-4H3. The highest BCUT2D eigenvalue weighted by Crippen LogP contribution is 2.27.